The number of rotatable bonds is 6. The van der Waals surface area contributed by atoms with Crippen LogP contribution in [0.3, 0.4) is 0 Å². The number of fused-ring (bicyclic) bond motifs is 3. The van der Waals surface area contributed by atoms with Crippen LogP contribution in [0.1, 0.15) is 68.4 Å². The molecule has 0 radical (unpaired) electrons. The second-order valence-corrected chi connectivity index (χ2v) is 15.5. The lowest BCUT2D eigenvalue weighted by atomic mass is 9.90. The highest BCUT2D eigenvalue weighted by molar-refractivity contribution is 5.88. The number of imidazole rings is 2. The van der Waals surface area contributed by atoms with Gasteiger partial charge in [0.05, 0.1) is 23.9 Å². The van der Waals surface area contributed by atoms with Crippen molar-refractivity contribution in [2.45, 2.75) is 83.6 Å². The third-order valence-corrected chi connectivity index (χ3v) is 12.1. The van der Waals surface area contributed by atoms with Crippen LogP contribution in [0.15, 0.2) is 107 Å². The Labute approximate surface area is 327 Å². The van der Waals surface area contributed by atoms with Crippen molar-refractivity contribution in [2.75, 3.05) is 4.90 Å². The average molecular weight is 737 g/mol. The third kappa shape index (κ3) is 5.39. The van der Waals surface area contributed by atoms with E-state index in [2.05, 4.69) is 126 Å². The van der Waals surface area contributed by atoms with Gasteiger partial charge in [-0.05, 0) is 103 Å². The van der Waals surface area contributed by atoms with Crippen molar-refractivity contribution in [1.29, 1.82) is 0 Å². The fourth-order valence-corrected chi connectivity index (χ4v) is 9.44. The summed E-state index contributed by atoms with van der Waals surface area (Å²) in [5, 5.41) is 7.71. The molecular formula is C47H46N9-. The van der Waals surface area contributed by atoms with E-state index in [1.54, 1.807) is 0 Å². The van der Waals surface area contributed by atoms with Crippen molar-refractivity contribution >= 4 is 47.5 Å². The molecule has 2 aliphatic carbocycles. The maximum Gasteiger partial charge on any atom is 0.160 e. The maximum atomic E-state index is 5.70. The molecule has 5 unspecified atom stereocenters. The fourth-order valence-electron chi connectivity index (χ4n) is 9.44. The van der Waals surface area contributed by atoms with Gasteiger partial charge in [-0.3, -0.25) is 4.99 Å². The number of nitrogens with zero attached hydrogens (tertiary/aromatic N) is 9. The average Bonchev–Trinajstić information content (AvgIpc) is 3.94. The van der Waals surface area contributed by atoms with E-state index in [9.17, 15) is 0 Å². The van der Waals surface area contributed by atoms with Crippen LogP contribution in [0.5, 0.6) is 0 Å². The Hall–Kier alpha value is -6.09. The summed E-state index contributed by atoms with van der Waals surface area (Å²) in [4.78, 5) is 28.4. The van der Waals surface area contributed by atoms with Crippen LogP contribution in [-0.4, -0.2) is 48.7 Å². The molecule has 56 heavy (non-hydrogen) atoms. The largest absolute Gasteiger partial charge is 0.459 e. The number of para-hydroxylation sites is 1. The van der Waals surface area contributed by atoms with Crippen LogP contribution in [0.2, 0.25) is 0 Å². The molecule has 3 aromatic heterocycles. The molecular weight excluding hydrogens is 691 g/mol. The van der Waals surface area contributed by atoms with E-state index < -0.39 is 0 Å². The molecule has 5 atom stereocenters. The minimum Gasteiger partial charge on any atom is -0.459 e. The van der Waals surface area contributed by atoms with Crippen LogP contribution < -0.4 is 15.3 Å². The molecule has 10 rings (SSSR count). The van der Waals surface area contributed by atoms with Crippen molar-refractivity contribution in [2.24, 2.45) is 15.9 Å². The van der Waals surface area contributed by atoms with Gasteiger partial charge in [-0.1, -0.05) is 105 Å². The number of anilines is 1. The highest BCUT2D eigenvalue weighted by Crippen LogP contribution is 2.44. The van der Waals surface area contributed by atoms with E-state index in [0.29, 0.717) is 5.92 Å². The third-order valence-electron chi connectivity index (χ3n) is 12.1. The molecule has 0 N–H and O–H groups in total. The Morgan fingerprint density at radius 3 is 2.38 bits per heavy atom. The van der Waals surface area contributed by atoms with E-state index in [1.807, 2.05) is 18.5 Å². The van der Waals surface area contributed by atoms with E-state index in [1.165, 1.54) is 5.56 Å². The minimum atomic E-state index is -0.137. The standard InChI is InChI=1S/C47H46N9/c1-5-35-39(45-52-37-24-16-27-49-43(37)55(45)33-19-11-7-12-20-33)30(3)38(44-51-36-23-15-26-48-42(36)54(44)32-17-9-6-10-18-32)31(4)40(35)46-53-41-29(2)25-28-50-47(41)56(46)34-21-13-8-14-22-34/h6-14,16-17,19,21-22,24,26-29,32-33,41,47H,3,5,15,18,20,23,25H2,1-2,4H3/q-1. The van der Waals surface area contributed by atoms with Gasteiger partial charge in [-0.25, -0.2) is 19.9 Å². The summed E-state index contributed by atoms with van der Waals surface area (Å²) in [6.07, 6.45) is 28.4. The second-order valence-electron chi connectivity index (χ2n) is 15.5. The Morgan fingerprint density at radius 2 is 1.62 bits per heavy atom. The molecule has 0 spiro atoms. The van der Waals surface area contributed by atoms with Gasteiger partial charge in [0.2, 0.25) is 0 Å². The second kappa shape index (κ2) is 13.9. The zero-order valence-corrected chi connectivity index (χ0v) is 32.3. The number of hydrogen-bond acceptors (Lipinski definition) is 6. The van der Waals surface area contributed by atoms with Crippen LogP contribution in [-0.2, 0) is 12.8 Å². The van der Waals surface area contributed by atoms with Crippen molar-refractivity contribution in [3.05, 3.63) is 130 Å². The van der Waals surface area contributed by atoms with Gasteiger partial charge < -0.3 is 19.4 Å². The summed E-state index contributed by atoms with van der Waals surface area (Å²) in [7, 11) is 0. The molecule has 9 nitrogen and oxygen atoms in total. The number of aryl methyl sites for hydroxylation is 1. The van der Waals surface area contributed by atoms with Crippen LogP contribution in [0, 0.1) is 12.8 Å². The number of aromatic nitrogens is 5. The lowest BCUT2D eigenvalue weighted by Gasteiger charge is -2.38. The Kier molecular flexibility index (Phi) is 8.53. The molecule has 0 bridgehead atoms. The number of aliphatic imine (C=N–C) groups is 2. The van der Waals surface area contributed by atoms with E-state index in [-0.39, 0.29) is 24.3 Å². The first-order chi connectivity index (χ1) is 27.5. The monoisotopic (exact) mass is 736 g/mol. The van der Waals surface area contributed by atoms with Gasteiger partial charge in [-0.2, -0.15) is 0 Å². The summed E-state index contributed by atoms with van der Waals surface area (Å²) in [6.45, 7) is 11.8. The Morgan fingerprint density at radius 1 is 0.857 bits per heavy atom. The maximum absolute atomic E-state index is 5.70. The molecule has 280 valence electrons. The summed E-state index contributed by atoms with van der Waals surface area (Å²) in [6, 6.07) is 14.8. The molecule has 6 heterocycles. The number of pyridine rings is 1. The normalized spacial score (nSPS) is 24.6. The zero-order valence-electron chi connectivity index (χ0n) is 32.3. The van der Waals surface area contributed by atoms with Gasteiger partial charge in [0.1, 0.15) is 17.2 Å². The predicted molar refractivity (Wildman–Crippen MR) is 229 cm³/mol. The molecule has 3 aliphatic heterocycles. The summed E-state index contributed by atoms with van der Waals surface area (Å²) in [5.41, 5.74) is 8.12. The van der Waals surface area contributed by atoms with Crippen molar-refractivity contribution in [3.8, 4) is 22.8 Å². The smallest absolute Gasteiger partial charge is 0.160 e. The minimum absolute atomic E-state index is 0.0152. The Balaban J connectivity index is 1.36. The number of allylic oxidation sites excluding steroid dienone is 8. The SMILES string of the molecule is C=c1c(-c2nc3c(n2C2C=CC=CC2)N=CCC3)c(C)c(=C2[N-]C3C(C)CC=NC3N2c2ccccc2)c(CC)c1-c1nc2cccnc2n1C1C=CC=CC1. The van der Waals surface area contributed by atoms with E-state index >= 15 is 0 Å². The molecule has 5 aromatic rings. The van der Waals surface area contributed by atoms with Crippen molar-refractivity contribution in [1.82, 2.24) is 24.1 Å². The molecule has 1 fully saturated rings. The fraction of sp³-hybridized carbons (Fsp3) is 0.298. The number of benzene rings is 2. The van der Waals surface area contributed by atoms with Gasteiger partial charge >= 0.3 is 0 Å². The topological polar surface area (TPSA) is 90.6 Å². The van der Waals surface area contributed by atoms with Crippen molar-refractivity contribution in [3.63, 3.8) is 0 Å². The van der Waals surface area contributed by atoms with Crippen LogP contribution in [0.4, 0.5) is 11.5 Å². The van der Waals surface area contributed by atoms with Crippen LogP contribution in [0.25, 0.3) is 51.7 Å². The number of hydrogen-bond donors (Lipinski definition) is 0. The molecule has 9 heteroatoms. The quantitative estimate of drug-likeness (QED) is 0.174. The zero-order chi connectivity index (χ0) is 37.9. The highest BCUT2D eigenvalue weighted by atomic mass is 15.4. The summed E-state index contributed by atoms with van der Waals surface area (Å²) >= 11 is 0. The van der Waals surface area contributed by atoms with Crippen LogP contribution >= 0.6 is 0 Å². The first-order valence-corrected chi connectivity index (χ1v) is 20.1. The molecule has 0 saturated carbocycles. The van der Waals surface area contributed by atoms with Gasteiger partial charge in [0, 0.05) is 23.5 Å². The predicted octanol–water partition coefficient (Wildman–Crippen LogP) is 8.77. The molecule has 0 amide bonds. The Bertz CT molecular complexity index is 2670. The molecule has 5 aliphatic rings. The first kappa shape index (κ1) is 34.4. The molecule has 1 saturated heterocycles. The first-order valence-electron chi connectivity index (χ1n) is 20.1. The molecule has 2 aromatic carbocycles. The van der Waals surface area contributed by atoms with E-state index in [0.717, 1.165) is 111 Å². The lowest BCUT2D eigenvalue weighted by molar-refractivity contribution is 0.452. The van der Waals surface area contributed by atoms with Crippen molar-refractivity contribution < 1.29 is 0 Å². The van der Waals surface area contributed by atoms with Gasteiger partial charge in [0.25, 0.3) is 0 Å². The van der Waals surface area contributed by atoms with Gasteiger partial charge in [0.15, 0.2) is 11.5 Å². The summed E-state index contributed by atoms with van der Waals surface area (Å²) < 4.78 is 4.69. The lowest BCUT2D eigenvalue weighted by Crippen LogP contribution is -2.39. The highest BCUT2D eigenvalue weighted by Gasteiger charge is 2.36. The summed E-state index contributed by atoms with van der Waals surface area (Å²) in [5.74, 6) is 3.97. The van der Waals surface area contributed by atoms with E-state index in [4.69, 9.17) is 36.8 Å². The van der Waals surface area contributed by atoms with Gasteiger partial charge in [-0.15, -0.1) is 0 Å².